The van der Waals surface area contributed by atoms with E-state index < -0.39 is 10.2 Å². The second-order valence-electron chi connectivity index (χ2n) is 4.25. The molecule has 0 unspecified atom stereocenters. The molecule has 0 saturated heterocycles. The van der Waals surface area contributed by atoms with Crippen molar-refractivity contribution in [3.63, 3.8) is 0 Å². The zero-order valence-corrected chi connectivity index (χ0v) is 10.8. The summed E-state index contributed by atoms with van der Waals surface area (Å²) in [6.45, 7) is 9.47. The molecule has 0 radical (unpaired) electrons. The molecule has 0 aliphatic carbocycles. The Morgan fingerprint density at radius 2 is 1.60 bits per heavy atom. The first kappa shape index (κ1) is 14.8. The second-order valence-corrected chi connectivity index (χ2v) is 5.83. The first-order valence-electron chi connectivity index (χ1n) is 5.31. The lowest BCUT2D eigenvalue weighted by Crippen LogP contribution is -2.42. The fourth-order valence-electron chi connectivity index (χ4n) is 0.874. The Hall–Kier alpha value is -0.170. The third-order valence-electron chi connectivity index (χ3n) is 1.65. The summed E-state index contributed by atoms with van der Waals surface area (Å²) in [5.41, 5.74) is 0. The van der Waals surface area contributed by atoms with Gasteiger partial charge < -0.3 is 5.32 Å². The fraction of sp³-hybridized carbons (Fsp3) is 1.00. The van der Waals surface area contributed by atoms with Crippen LogP contribution in [0.25, 0.3) is 0 Å². The van der Waals surface area contributed by atoms with E-state index in [1.807, 2.05) is 27.7 Å². The van der Waals surface area contributed by atoms with E-state index in [2.05, 4.69) is 14.8 Å². The van der Waals surface area contributed by atoms with Gasteiger partial charge >= 0.3 is 0 Å². The van der Waals surface area contributed by atoms with Crippen molar-refractivity contribution < 1.29 is 8.42 Å². The first-order chi connectivity index (χ1) is 6.83. The van der Waals surface area contributed by atoms with Gasteiger partial charge in [-0.05, 0) is 5.92 Å². The third kappa shape index (κ3) is 10.1. The summed E-state index contributed by atoms with van der Waals surface area (Å²) < 4.78 is 27.6. The van der Waals surface area contributed by atoms with Gasteiger partial charge in [-0.3, -0.25) is 0 Å². The molecule has 15 heavy (non-hydrogen) atoms. The topological polar surface area (TPSA) is 70.2 Å². The van der Waals surface area contributed by atoms with Gasteiger partial charge in [0.05, 0.1) is 0 Å². The summed E-state index contributed by atoms with van der Waals surface area (Å²) >= 11 is 0. The van der Waals surface area contributed by atoms with Gasteiger partial charge in [0, 0.05) is 25.7 Å². The molecule has 0 aromatic rings. The van der Waals surface area contributed by atoms with Crippen LogP contribution in [0.2, 0.25) is 0 Å². The minimum absolute atomic E-state index is 0.315. The van der Waals surface area contributed by atoms with Crippen LogP contribution in [0.4, 0.5) is 0 Å². The lowest BCUT2D eigenvalue weighted by molar-refractivity contribution is 0.537. The second kappa shape index (κ2) is 7.16. The summed E-state index contributed by atoms with van der Waals surface area (Å²) in [6, 6.07) is 0.373. The molecule has 0 heterocycles. The quantitative estimate of drug-likeness (QED) is 0.523. The molecule has 0 aliphatic heterocycles. The van der Waals surface area contributed by atoms with Crippen molar-refractivity contribution in [1.29, 1.82) is 0 Å². The summed E-state index contributed by atoms with van der Waals surface area (Å²) in [5, 5.41) is 3.13. The van der Waals surface area contributed by atoms with E-state index >= 15 is 0 Å². The third-order valence-corrected chi connectivity index (χ3v) is 2.78. The summed E-state index contributed by atoms with van der Waals surface area (Å²) in [7, 11) is -3.31. The SMILES string of the molecule is CC(C)CNS(=O)(=O)NCCNC(C)C. The summed E-state index contributed by atoms with van der Waals surface area (Å²) in [4.78, 5) is 0. The molecule has 0 spiro atoms. The van der Waals surface area contributed by atoms with Crippen LogP contribution in [-0.2, 0) is 10.2 Å². The molecule has 0 saturated carbocycles. The number of hydrogen-bond donors (Lipinski definition) is 3. The largest absolute Gasteiger partial charge is 0.313 e. The maximum atomic E-state index is 11.3. The van der Waals surface area contributed by atoms with Crippen LogP contribution in [0.15, 0.2) is 0 Å². The van der Waals surface area contributed by atoms with E-state index in [9.17, 15) is 8.42 Å². The Morgan fingerprint density at radius 3 is 2.07 bits per heavy atom. The highest BCUT2D eigenvalue weighted by atomic mass is 32.2. The van der Waals surface area contributed by atoms with E-state index in [0.29, 0.717) is 31.6 Å². The van der Waals surface area contributed by atoms with Crippen molar-refractivity contribution >= 4 is 10.2 Å². The molecule has 0 fully saturated rings. The van der Waals surface area contributed by atoms with Gasteiger partial charge in [0.1, 0.15) is 0 Å². The first-order valence-corrected chi connectivity index (χ1v) is 6.79. The smallest absolute Gasteiger partial charge is 0.276 e. The van der Waals surface area contributed by atoms with Gasteiger partial charge in [0.25, 0.3) is 10.2 Å². The predicted octanol–water partition coefficient (Wildman–Crippen LogP) is 0.0644. The Kier molecular flexibility index (Phi) is 7.08. The number of nitrogens with one attached hydrogen (secondary N) is 3. The standard InChI is InChI=1S/C9H23N3O2S/c1-8(2)7-12-15(13,14)11-6-5-10-9(3)4/h8-12H,5-7H2,1-4H3. The van der Waals surface area contributed by atoms with Crippen LogP contribution < -0.4 is 14.8 Å². The highest BCUT2D eigenvalue weighted by molar-refractivity contribution is 7.87. The maximum Gasteiger partial charge on any atom is 0.276 e. The highest BCUT2D eigenvalue weighted by Gasteiger charge is 2.08. The summed E-state index contributed by atoms with van der Waals surface area (Å²) in [5.74, 6) is 0.315. The molecule has 0 amide bonds. The maximum absolute atomic E-state index is 11.3. The van der Waals surface area contributed by atoms with E-state index in [1.54, 1.807) is 0 Å². The van der Waals surface area contributed by atoms with Crippen LogP contribution in [0.5, 0.6) is 0 Å². The summed E-state index contributed by atoms with van der Waals surface area (Å²) in [6.07, 6.45) is 0. The minimum atomic E-state index is -3.31. The molecule has 0 rings (SSSR count). The van der Waals surface area contributed by atoms with E-state index in [4.69, 9.17) is 0 Å². The van der Waals surface area contributed by atoms with Crippen LogP contribution in [0, 0.1) is 5.92 Å². The van der Waals surface area contributed by atoms with E-state index in [0.717, 1.165) is 0 Å². The van der Waals surface area contributed by atoms with Crippen molar-refractivity contribution in [2.75, 3.05) is 19.6 Å². The number of hydrogen-bond acceptors (Lipinski definition) is 3. The van der Waals surface area contributed by atoms with Gasteiger partial charge in [-0.25, -0.2) is 9.44 Å². The van der Waals surface area contributed by atoms with Gasteiger partial charge in [0.2, 0.25) is 0 Å². The van der Waals surface area contributed by atoms with E-state index in [-0.39, 0.29) is 0 Å². The zero-order chi connectivity index (χ0) is 11.9. The monoisotopic (exact) mass is 237 g/mol. The molecule has 5 nitrogen and oxygen atoms in total. The molecule has 0 bridgehead atoms. The van der Waals surface area contributed by atoms with Gasteiger partial charge in [-0.2, -0.15) is 8.42 Å². The van der Waals surface area contributed by atoms with Gasteiger partial charge in [-0.15, -0.1) is 0 Å². The molecule has 0 aromatic heterocycles. The Bertz CT molecular complexity index is 250. The van der Waals surface area contributed by atoms with Crippen LogP contribution in [0.1, 0.15) is 27.7 Å². The molecular weight excluding hydrogens is 214 g/mol. The molecule has 0 atom stereocenters. The lowest BCUT2D eigenvalue weighted by Gasteiger charge is -2.11. The van der Waals surface area contributed by atoms with Crippen LogP contribution in [-0.4, -0.2) is 34.1 Å². The van der Waals surface area contributed by atoms with Crippen molar-refractivity contribution in [3.05, 3.63) is 0 Å². The lowest BCUT2D eigenvalue weighted by atomic mass is 10.2. The molecule has 3 N–H and O–H groups in total. The van der Waals surface area contributed by atoms with Crippen molar-refractivity contribution in [2.24, 2.45) is 5.92 Å². The van der Waals surface area contributed by atoms with Crippen molar-refractivity contribution in [1.82, 2.24) is 14.8 Å². The van der Waals surface area contributed by atoms with Crippen LogP contribution >= 0.6 is 0 Å². The van der Waals surface area contributed by atoms with Gasteiger partial charge in [-0.1, -0.05) is 27.7 Å². The molecule has 0 aliphatic rings. The normalized spacial score (nSPS) is 12.7. The average molecular weight is 237 g/mol. The van der Waals surface area contributed by atoms with Crippen LogP contribution in [0.3, 0.4) is 0 Å². The molecule has 92 valence electrons. The minimum Gasteiger partial charge on any atom is -0.313 e. The Labute approximate surface area is 93.2 Å². The fourth-order valence-corrected chi connectivity index (χ4v) is 1.90. The zero-order valence-electron chi connectivity index (χ0n) is 10.0. The Morgan fingerprint density at radius 1 is 1.00 bits per heavy atom. The molecule has 6 heteroatoms. The molecule has 0 aromatic carbocycles. The predicted molar refractivity (Wildman–Crippen MR) is 62.9 cm³/mol. The van der Waals surface area contributed by atoms with E-state index in [1.165, 1.54) is 0 Å². The van der Waals surface area contributed by atoms with Crippen molar-refractivity contribution in [3.8, 4) is 0 Å². The van der Waals surface area contributed by atoms with Crippen molar-refractivity contribution in [2.45, 2.75) is 33.7 Å². The highest BCUT2D eigenvalue weighted by Crippen LogP contribution is 1.88. The molecular formula is C9H23N3O2S. The van der Waals surface area contributed by atoms with Gasteiger partial charge in [0.15, 0.2) is 0 Å². The number of rotatable bonds is 8. The average Bonchev–Trinajstić information content (AvgIpc) is 2.09. The Balaban J connectivity index is 3.66.